The van der Waals surface area contributed by atoms with Gasteiger partial charge in [-0.1, -0.05) is 12.1 Å². The van der Waals surface area contributed by atoms with Crippen molar-refractivity contribution in [3.8, 4) is 0 Å². The molecule has 30 heavy (non-hydrogen) atoms. The van der Waals surface area contributed by atoms with Gasteiger partial charge >= 0.3 is 0 Å². The first-order valence-electron chi connectivity index (χ1n) is 10.1. The summed E-state index contributed by atoms with van der Waals surface area (Å²) in [5.41, 5.74) is 0.206. The molecule has 1 N–H and O–H groups in total. The van der Waals surface area contributed by atoms with Crippen LogP contribution in [0.5, 0.6) is 0 Å². The number of furan rings is 1. The van der Waals surface area contributed by atoms with Crippen LogP contribution in [0.3, 0.4) is 0 Å². The minimum atomic E-state index is -0.374. The lowest BCUT2D eigenvalue weighted by Crippen LogP contribution is -3.15. The van der Waals surface area contributed by atoms with Crippen molar-refractivity contribution in [3.05, 3.63) is 65.6 Å². The highest BCUT2D eigenvalue weighted by molar-refractivity contribution is 5.91. The molecular formula is C21H26FN6O2+. The van der Waals surface area contributed by atoms with E-state index in [0.717, 1.165) is 4.90 Å². The number of tetrazole rings is 1. The number of carbonyl (C=O) groups is 1. The van der Waals surface area contributed by atoms with Crippen LogP contribution in [-0.4, -0.2) is 57.2 Å². The van der Waals surface area contributed by atoms with Crippen LogP contribution in [-0.2, 0) is 5.54 Å². The van der Waals surface area contributed by atoms with E-state index in [1.165, 1.54) is 12.3 Å². The standard InChI is InChI=1S/C21H25FN6O2/c1-21(2,3)28-19(23-24-25-28)18(15-7-4-5-8-16(15)22)26-10-12-27(13-11-26)20(29)17-9-6-14-30-17/h4-9,14,18H,10-13H2,1-3H3/p+1/t18-/m0/s1. The van der Waals surface area contributed by atoms with E-state index in [1.54, 1.807) is 33.8 Å². The van der Waals surface area contributed by atoms with Gasteiger partial charge in [-0.3, -0.25) is 4.79 Å². The molecule has 0 aliphatic carbocycles. The Balaban J connectivity index is 1.63. The molecule has 2 aromatic heterocycles. The lowest BCUT2D eigenvalue weighted by molar-refractivity contribution is -0.930. The molecule has 1 amide bonds. The molecule has 0 bridgehead atoms. The third-order valence-corrected chi connectivity index (χ3v) is 5.44. The first-order chi connectivity index (χ1) is 14.4. The molecular weight excluding hydrogens is 387 g/mol. The monoisotopic (exact) mass is 413 g/mol. The van der Waals surface area contributed by atoms with Gasteiger partial charge in [0.05, 0.1) is 43.5 Å². The molecule has 1 fully saturated rings. The Morgan fingerprint density at radius 2 is 1.90 bits per heavy atom. The number of aromatic nitrogens is 4. The first-order valence-corrected chi connectivity index (χ1v) is 10.1. The van der Waals surface area contributed by atoms with Crippen LogP contribution in [0.1, 0.15) is 48.8 Å². The molecule has 158 valence electrons. The zero-order valence-corrected chi connectivity index (χ0v) is 17.4. The minimum Gasteiger partial charge on any atom is -0.459 e. The molecule has 4 rings (SSSR count). The van der Waals surface area contributed by atoms with Crippen molar-refractivity contribution in [2.24, 2.45) is 0 Å². The van der Waals surface area contributed by atoms with Gasteiger partial charge in [0.15, 0.2) is 11.8 Å². The largest absolute Gasteiger partial charge is 0.459 e. The molecule has 8 nitrogen and oxygen atoms in total. The molecule has 9 heteroatoms. The molecule has 1 aliphatic rings. The Labute approximate surface area is 174 Å². The van der Waals surface area contributed by atoms with Crippen molar-refractivity contribution < 1.29 is 18.5 Å². The summed E-state index contributed by atoms with van der Waals surface area (Å²) < 4.78 is 21.8. The molecule has 1 aromatic carbocycles. The van der Waals surface area contributed by atoms with Crippen LogP contribution < -0.4 is 4.90 Å². The van der Waals surface area contributed by atoms with Crippen LogP contribution in [0, 0.1) is 5.82 Å². The van der Waals surface area contributed by atoms with Gasteiger partial charge < -0.3 is 14.2 Å². The van der Waals surface area contributed by atoms with Crippen molar-refractivity contribution in [1.82, 2.24) is 25.1 Å². The van der Waals surface area contributed by atoms with Crippen LogP contribution in [0.15, 0.2) is 47.1 Å². The second kappa shape index (κ2) is 7.98. The van der Waals surface area contributed by atoms with Gasteiger partial charge in [0, 0.05) is 0 Å². The Morgan fingerprint density at radius 1 is 1.17 bits per heavy atom. The predicted molar refractivity (Wildman–Crippen MR) is 106 cm³/mol. The predicted octanol–water partition coefficient (Wildman–Crippen LogP) is 1.29. The molecule has 0 unspecified atom stereocenters. The number of nitrogens with one attached hydrogen (secondary N) is 1. The Morgan fingerprint density at radius 3 is 2.53 bits per heavy atom. The third kappa shape index (κ3) is 3.85. The van der Waals surface area contributed by atoms with E-state index in [2.05, 4.69) is 15.5 Å². The average molecular weight is 413 g/mol. The normalized spacial score (nSPS) is 16.6. The van der Waals surface area contributed by atoms with Crippen molar-refractivity contribution >= 4 is 5.91 Å². The summed E-state index contributed by atoms with van der Waals surface area (Å²) in [7, 11) is 0. The maximum atomic E-state index is 14.8. The molecule has 3 heterocycles. The lowest BCUT2D eigenvalue weighted by atomic mass is 10.0. The van der Waals surface area contributed by atoms with Crippen molar-refractivity contribution in [2.75, 3.05) is 26.2 Å². The number of nitrogens with zero attached hydrogens (tertiary/aromatic N) is 5. The quantitative estimate of drug-likeness (QED) is 0.697. The van der Waals surface area contributed by atoms with Crippen LogP contribution in [0.25, 0.3) is 0 Å². The van der Waals surface area contributed by atoms with Crippen LogP contribution >= 0.6 is 0 Å². The fourth-order valence-corrected chi connectivity index (χ4v) is 3.94. The van der Waals surface area contributed by atoms with Crippen molar-refractivity contribution in [2.45, 2.75) is 32.4 Å². The van der Waals surface area contributed by atoms with Crippen molar-refractivity contribution in [3.63, 3.8) is 0 Å². The fourth-order valence-electron chi connectivity index (χ4n) is 3.94. The van der Waals surface area contributed by atoms with E-state index in [-0.39, 0.29) is 23.3 Å². The second-order valence-electron chi connectivity index (χ2n) is 8.50. The Hall–Kier alpha value is -3.07. The van der Waals surface area contributed by atoms with Gasteiger partial charge in [-0.25, -0.2) is 9.07 Å². The first kappa shape index (κ1) is 20.2. The smallest absolute Gasteiger partial charge is 0.289 e. The van der Waals surface area contributed by atoms with Gasteiger partial charge in [0.1, 0.15) is 5.82 Å². The van der Waals surface area contributed by atoms with Crippen LogP contribution in [0.4, 0.5) is 4.39 Å². The minimum absolute atomic E-state index is 0.124. The summed E-state index contributed by atoms with van der Waals surface area (Å²) in [6.07, 6.45) is 1.50. The number of benzene rings is 1. The SMILES string of the molecule is CC(C)(C)n1nnnc1[C@H](c1ccccc1F)[NH+]1CCN(C(=O)c2ccco2)CC1. The number of quaternary nitrogens is 1. The van der Waals surface area contributed by atoms with Gasteiger partial charge in [-0.2, -0.15) is 0 Å². The number of rotatable bonds is 4. The third-order valence-electron chi connectivity index (χ3n) is 5.44. The summed E-state index contributed by atoms with van der Waals surface area (Å²) in [6, 6.07) is 9.75. The van der Waals surface area contributed by atoms with E-state index < -0.39 is 0 Å². The highest BCUT2D eigenvalue weighted by Crippen LogP contribution is 2.24. The lowest BCUT2D eigenvalue weighted by Gasteiger charge is -2.36. The van der Waals surface area contributed by atoms with E-state index in [4.69, 9.17) is 4.42 Å². The highest BCUT2D eigenvalue weighted by Gasteiger charge is 2.38. The summed E-state index contributed by atoms with van der Waals surface area (Å²) in [5.74, 6) is 0.544. The molecule has 3 aromatic rings. The van der Waals surface area contributed by atoms with E-state index >= 15 is 0 Å². The topological polar surface area (TPSA) is 81.5 Å². The summed E-state index contributed by atoms with van der Waals surface area (Å²) in [4.78, 5) is 15.5. The number of hydrogen-bond donors (Lipinski definition) is 1. The number of halogens is 1. The fraction of sp³-hybridized carbons (Fsp3) is 0.429. The van der Waals surface area contributed by atoms with E-state index in [1.807, 2.05) is 26.8 Å². The van der Waals surface area contributed by atoms with Crippen molar-refractivity contribution in [1.29, 1.82) is 0 Å². The summed E-state index contributed by atoms with van der Waals surface area (Å²) in [5, 5.41) is 12.4. The second-order valence-corrected chi connectivity index (χ2v) is 8.50. The van der Waals surface area contributed by atoms with Gasteiger partial charge in [0.2, 0.25) is 5.82 Å². The van der Waals surface area contributed by atoms with Gasteiger partial charge in [-0.15, -0.1) is 5.10 Å². The summed E-state index contributed by atoms with van der Waals surface area (Å²) >= 11 is 0. The molecule has 1 saturated heterocycles. The van der Waals surface area contributed by atoms with Gasteiger partial charge in [0.25, 0.3) is 5.91 Å². The average Bonchev–Trinajstić information content (AvgIpc) is 3.42. The molecule has 0 spiro atoms. The summed E-state index contributed by atoms with van der Waals surface area (Å²) in [6.45, 7) is 8.40. The van der Waals surface area contributed by atoms with Crippen LogP contribution in [0.2, 0.25) is 0 Å². The number of hydrogen-bond acceptors (Lipinski definition) is 5. The molecule has 0 radical (unpaired) electrons. The van der Waals surface area contributed by atoms with Gasteiger partial charge in [-0.05, 0) is 55.5 Å². The molecule has 1 atom stereocenters. The van der Waals surface area contributed by atoms with E-state index in [9.17, 15) is 9.18 Å². The zero-order valence-electron chi connectivity index (χ0n) is 17.4. The molecule has 1 aliphatic heterocycles. The number of amides is 1. The maximum Gasteiger partial charge on any atom is 0.289 e. The zero-order chi connectivity index (χ0) is 21.3. The highest BCUT2D eigenvalue weighted by atomic mass is 19.1. The van der Waals surface area contributed by atoms with E-state index in [0.29, 0.717) is 43.3 Å². The Bertz CT molecular complexity index is 1000. The number of piperazine rings is 1. The maximum absolute atomic E-state index is 14.8. The molecule has 0 saturated carbocycles. The Kier molecular flexibility index (Phi) is 5.38. The number of carbonyl (C=O) groups excluding carboxylic acids is 1.